The summed E-state index contributed by atoms with van der Waals surface area (Å²) in [5.74, 6) is 0.0759. The van der Waals surface area contributed by atoms with Gasteiger partial charge in [0.2, 0.25) is 6.08 Å². The fraction of sp³-hybridized carbons (Fsp3) is 0.300. The zero-order valence-corrected chi connectivity index (χ0v) is 7.74. The third kappa shape index (κ3) is 3.37. The van der Waals surface area contributed by atoms with Gasteiger partial charge in [-0.15, -0.1) is 0 Å². The van der Waals surface area contributed by atoms with Gasteiger partial charge in [0, 0.05) is 6.07 Å². The van der Waals surface area contributed by atoms with Gasteiger partial charge in [-0.3, -0.25) is 0 Å². The number of isocyanates is 1. The van der Waals surface area contributed by atoms with Crippen molar-refractivity contribution in [3.8, 4) is 5.75 Å². The number of ether oxygens (including phenoxy) is 1. The van der Waals surface area contributed by atoms with Gasteiger partial charge < -0.3 is 4.74 Å². The number of benzene rings is 1. The van der Waals surface area contributed by atoms with Crippen LogP contribution in [-0.4, -0.2) is 18.7 Å². The number of carbonyl (C=O) groups excluding carboxylic acids is 1. The molecule has 0 heterocycles. The zero-order valence-electron chi connectivity index (χ0n) is 7.74. The maximum atomic E-state index is 12.7. The Bertz CT molecular complexity index is 348. The second-order valence-electron chi connectivity index (χ2n) is 2.84. The van der Waals surface area contributed by atoms with Gasteiger partial charge in [-0.25, -0.2) is 9.18 Å². The molecule has 0 radical (unpaired) electrons. The third-order valence-corrected chi connectivity index (χ3v) is 1.56. The highest BCUT2D eigenvalue weighted by Gasteiger charge is 2.00. The van der Waals surface area contributed by atoms with E-state index in [9.17, 15) is 9.18 Å². The van der Waals surface area contributed by atoms with Gasteiger partial charge in [-0.1, -0.05) is 6.07 Å². The molecule has 0 aliphatic carbocycles. The minimum atomic E-state index is -0.353. The van der Waals surface area contributed by atoms with Crippen molar-refractivity contribution in [1.82, 2.24) is 0 Å². The summed E-state index contributed by atoms with van der Waals surface area (Å²) < 4.78 is 17.9. The van der Waals surface area contributed by atoms with Crippen molar-refractivity contribution in [1.29, 1.82) is 0 Å². The van der Waals surface area contributed by atoms with E-state index in [-0.39, 0.29) is 18.5 Å². The maximum absolute atomic E-state index is 12.7. The van der Waals surface area contributed by atoms with Crippen molar-refractivity contribution in [2.24, 2.45) is 4.99 Å². The molecule has 14 heavy (non-hydrogen) atoms. The summed E-state index contributed by atoms with van der Waals surface area (Å²) in [6.07, 6.45) is 1.44. The molecule has 0 bridgehead atoms. The largest absolute Gasteiger partial charge is 0.491 e. The number of nitrogens with zero attached hydrogens (tertiary/aromatic N) is 1. The Hall–Kier alpha value is -1.67. The number of halogens is 1. The fourth-order valence-electron chi connectivity index (χ4n) is 0.901. The minimum absolute atomic E-state index is 0.235. The van der Waals surface area contributed by atoms with Crippen molar-refractivity contribution in [2.45, 2.75) is 13.0 Å². The van der Waals surface area contributed by atoms with E-state index < -0.39 is 0 Å². The smallest absolute Gasteiger partial charge is 0.235 e. The quantitative estimate of drug-likeness (QED) is 0.544. The van der Waals surface area contributed by atoms with Crippen molar-refractivity contribution in [3.05, 3.63) is 30.1 Å². The van der Waals surface area contributed by atoms with E-state index in [2.05, 4.69) is 4.99 Å². The Morgan fingerprint density at radius 2 is 2.43 bits per heavy atom. The summed E-state index contributed by atoms with van der Waals surface area (Å²) in [7, 11) is 0. The first kappa shape index (κ1) is 10.4. The molecule has 3 nitrogen and oxygen atoms in total. The average Bonchev–Trinajstić information content (AvgIpc) is 2.15. The Morgan fingerprint density at radius 3 is 3.07 bits per heavy atom. The number of hydrogen-bond donors (Lipinski definition) is 0. The number of rotatable bonds is 4. The lowest BCUT2D eigenvalue weighted by atomic mass is 10.3. The predicted molar refractivity (Wildman–Crippen MR) is 49.5 cm³/mol. The van der Waals surface area contributed by atoms with Crippen LogP contribution >= 0.6 is 0 Å². The first-order valence-electron chi connectivity index (χ1n) is 4.17. The summed E-state index contributed by atoms with van der Waals surface area (Å²) in [5, 5.41) is 0. The molecule has 74 valence electrons. The van der Waals surface area contributed by atoms with E-state index in [0.717, 1.165) is 0 Å². The molecule has 0 N–H and O–H groups in total. The van der Waals surface area contributed by atoms with Crippen LogP contribution < -0.4 is 4.74 Å². The van der Waals surface area contributed by atoms with Crippen molar-refractivity contribution >= 4 is 6.08 Å². The molecule has 1 rings (SSSR count). The topological polar surface area (TPSA) is 38.7 Å². The number of aliphatic imine (C=N–C) groups is 1. The third-order valence-electron chi connectivity index (χ3n) is 1.56. The van der Waals surface area contributed by atoms with E-state index in [0.29, 0.717) is 5.75 Å². The summed E-state index contributed by atoms with van der Waals surface area (Å²) in [6.45, 7) is 1.95. The molecular weight excluding hydrogens is 185 g/mol. The highest BCUT2D eigenvalue weighted by atomic mass is 19.1. The Morgan fingerprint density at radius 1 is 1.64 bits per heavy atom. The summed E-state index contributed by atoms with van der Waals surface area (Å²) in [6, 6.07) is 5.53. The van der Waals surface area contributed by atoms with Gasteiger partial charge in [0.25, 0.3) is 0 Å². The highest BCUT2D eigenvalue weighted by molar-refractivity contribution is 5.33. The Kier molecular flexibility index (Phi) is 3.83. The standard InChI is InChI=1S/C10H10FNO2/c1-8(12-7-13)6-14-10-4-2-3-9(11)5-10/h2-5,8H,6H2,1H3. The Labute approximate surface area is 81.2 Å². The summed E-state index contributed by atoms with van der Waals surface area (Å²) in [4.78, 5) is 13.3. The maximum Gasteiger partial charge on any atom is 0.235 e. The van der Waals surface area contributed by atoms with E-state index in [1.54, 1.807) is 19.1 Å². The molecule has 1 atom stereocenters. The predicted octanol–water partition coefficient (Wildman–Crippen LogP) is 1.93. The summed E-state index contributed by atoms with van der Waals surface area (Å²) >= 11 is 0. The summed E-state index contributed by atoms with van der Waals surface area (Å²) in [5.41, 5.74) is 0. The molecule has 0 aromatic heterocycles. The normalized spacial score (nSPS) is 11.6. The molecule has 1 aromatic carbocycles. The molecule has 1 unspecified atom stereocenters. The Balaban J connectivity index is 2.49. The van der Waals surface area contributed by atoms with E-state index in [1.165, 1.54) is 18.2 Å². The molecule has 0 saturated heterocycles. The molecule has 0 amide bonds. The minimum Gasteiger partial charge on any atom is -0.491 e. The van der Waals surface area contributed by atoms with Crippen LogP contribution in [0.5, 0.6) is 5.75 Å². The molecule has 0 aliphatic heterocycles. The van der Waals surface area contributed by atoms with Crippen LogP contribution in [0.3, 0.4) is 0 Å². The molecule has 0 fully saturated rings. The lowest BCUT2D eigenvalue weighted by Gasteiger charge is -2.07. The molecule has 1 aromatic rings. The second-order valence-corrected chi connectivity index (χ2v) is 2.84. The van der Waals surface area contributed by atoms with Crippen molar-refractivity contribution < 1.29 is 13.9 Å². The van der Waals surface area contributed by atoms with Crippen LogP contribution in [0.25, 0.3) is 0 Å². The van der Waals surface area contributed by atoms with Crippen molar-refractivity contribution in [2.75, 3.05) is 6.61 Å². The second kappa shape index (κ2) is 5.14. The van der Waals surface area contributed by atoms with Crippen LogP contribution in [0.15, 0.2) is 29.3 Å². The first-order chi connectivity index (χ1) is 6.72. The van der Waals surface area contributed by atoms with Gasteiger partial charge in [-0.05, 0) is 19.1 Å². The van der Waals surface area contributed by atoms with Gasteiger partial charge >= 0.3 is 0 Å². The van der Waals surface area contributed by atoms with Crippen LogP contribution in [-0.2, 0) is 4.79 Å². The van der Waals surface area contributed by atoms with Gasteiger partial charge in [0.05, 0.1) is 6.04 Å². The molecule has 0 aliphatic rings. The SMILES string of the molecule is CC(COc1cccc(F)c1)N=C=O. The van der Waals surface area contributed by atoms with Crippen molar-refractivity contribution in [3.63, 3.8) is 0 Å². The lowest BCUT2D eigenvalue weighted by Crippen LogP contribution is -2.11. The fourth-order valence-corrected chi connectivity index (χ4v) is 0.901. The highest BCUT2D eigenvalue weighted by Crippen LogP contribution is 2.12. The first-order valence-corrected chi connectivity index (χ1v) is 4.17. The van der Waals surface area contributed by atoms with Crippen LogP contribution in [0, 0.1) is 5.82 Å². The van der Waals surface area contributed by atoms with Gasteiger partial charge in [0.1, 0.15) is 18.2 Å². The van der Waals surface area contributed by atoms with E-state index >= 15 is 0 Å². The van der Waals surface area contributed by atoms with E-state index in [4.69, 9.17) is 4.74 Å². The van der Waals surface area contributed by atoms with Gasteiger partial charge in [-0.2, -0.15) is 4.99 Å². The van der Waals surface area contributed by atoms with E-state index in [1.807, 2.05) is 0 Å². The van der Waals surface area contributed by atoms with Crippen LogP contribution in [0.2, 0.25) is 0 Å². The monoisotopic (exact) mass is 195 g/mol. The number of hydrogen-bond acceptors (Lipinski definition) is 3. The molecule has 0 spiro atoms. The van der Waals surface area contributed by atoms with Crippen LogP contribution in [0.1, 0.15) is 6.92 Å². The molecule has 4 heteroatoms. The van der Waals surface area contributed by atoms with Crippen LogP contribution in [0.4, 0.5) is 4.39 Å². The van der Waals surface area contributed by atoms with Gasteiger partial charge in [0.15, 0.2) is 0 Å². The zero-order chi connectivity index (χ0) is 10.4. The molecular formula is C10H10FNO2. The molecule has 0 saturated carbocycles. The average molecular weight is 195 g/mol. The lowest BCUT2D eigenvalue weighted by molar-refractivity contribution is 0.295.